The van der Waals surface area contributed by atoms with Crippen molar-refractivity contribution in [3.63, 3.8) is 0 Å². The maximum Gasteiger partial charge on any atom is 0.241 e. The summed E-state index contributed by atoms with van der Waals surface area (Å²) in [5.74, 6) is -2.04. The highest BCUT2D eigenvalue weighted by Gasteiger charge is 2.17. The molecule has 1 aromatic rings. The van der Waals surface area contributed by atoms with Crippen molar-refractivity contribution in [1.29, 1.82) is 0 Å². The molecule has 94 valence electrons. The minimum absolute atomic E-state index is 0.0945. The third-order valence-electron chi connectivity index (χ3n) is 2.19. The Bertz CT molecular complexity index is 403. The van der Waals surface area contributed by atoms with Crippen molar-refractivity contribution in [3.05, 3.63) is 28.2 Å². The van der Waals surface area contributed by atoms with E-state index in [4.69, 9.17) is 5.73 Å². The summed E-state index contributed by atoms with van der Waals surface area (Å²) in [5, 5.41) is 2.34. The van der Waals surface area contributed by atoms with E-state index >= 15 is 0 Å². The van der Waals surface area contributed by atoms with Crippen molar-refractivity contribution in [3.8, 4) is 0 Å². The molecule has 0 aliphatic heterocycles. The minimum atomic E-state index is -0.839. The molecule has 1 rings (SSSR count). The Morgan fingerprint density at radius 1 is 1.53 bits per heavy atom. The van der Waals surface area contributed by atoms with E-state index in [0.29, 0.717) is 12.5 Å². The van der Waals surface area contributed by atoms with E-state index in [0.717, 1.165) is 12.5 Å². The van der Waals surface area contributed by atoms with E-state index < -0.39 is 23.6 Å². The number of amides is 1. The van der Waals surface area contributed by atoms with Gasteiger partial charge in [-0.2, -0.15) is 0 Å². The van der Waals surface area contributed by atoms with Gasteiger partial charge in [0, 0.05) is 10.5 Å². The molecule has 0 aromatic heterocycles. The van der Waals surface area contributed by atoms with Crippen LogP contribution in [0.25, 0.3) is 0 Å². The van der Waals surface area contributed by atoms with Gasteiger partial charge < -0.3 is 11.1 Å². The standard InChI is InChI=1S/C11H13BrF2N2O/c1-2-3-9(15)11(17)16-10-7(12)4-6(13)5-8(10)14/h4-5,9H,2-3,15H2,1H3,(H,16,17)/t9-/m1/s1. The van der Waals surface area contributed by atoms with Gasteiger partial charge in [0.15, 0.2) is 5.82 Å². The number of carbonyl (C=O) groups is 1. The summed E-state index contributed by atoms with van der Waals surface area (Å²) in [4.78, 5) is 11.6. The number of nitrogens with one attached hydrogen (secondary N) is 1. The molecule has 17 heavy (non-hydrogen) atoms. The molecule has 3 N–H and O–H groups in total. The fourth-order valence-corrected chi connectivity index (χ4v) is 1.83. The molecule has 1 amide bonds. The van der Waals surface area contributed by atoms with Crippen LogP contribution < -0.4 is 11.1 Å². The quantitative estimate of drug-likeness (QED) is 0.898. The van der Waals surface area contributed by atoms with Crippen LogP contribution in [-0.2, 0) is 4.79 Å². The number of rotatable bonds is 4. The summed E-state index contributed by atoms with van der Waals surface area (Å²) in [7, 11) is 0. The third-order valence-corrected chi connectivity index (χ3v) is 2.82. The van der Waals surface area contributed by atoms with Gasteiger partial charge in [0.05, 0.1) is 11.7 Å². The normalized spacial score (nSPS) is 12.3. The summed E-state index contributed by atoms with van der Waals surface area (Å²) in [6, 6.07) is 1.08. The maximum absolute atomic E-state index is 13.4. The van der Waals surface area contributed by atoms with Crippen molar-refractivity contribution >= 4 is 27.5 Å². The lowest BCUT2D eigenvalue weighted by molar-refractivity contribution is -0.117. The Kier molecular flexibility index (Phi) is 5.02. The molecule has 1 aromatic carbocycles. The van der Waals surface area contributed by atoms with Crippen molar-refractivity contribution in [2.45, 2.75) is 25.8 Å². The Morgan fingerprint density at radius 2 is 2.18 bits per heavy atom. The van der Waals surface area contributed by atoms with E-state index in [-0.39, 0.29) is 10.2 Å². The first kappa shape index (κ1) is 14.1. The highest BCUT2D eigenvalue weighted by molar-refractivity contribution is 9.10. The van der Waals surface area contributed by atoms with Gasteiger partial charge in [0.1, 0.15) is 5.82 Å². The fraction of sp³-hybridized carbons (Fsp3) is 0.364. The molecule has 3 nitrogen and oxygen atoms in total. The van der Waals surface area contributed by atoms with Crippen LogP contribution in [0.4, 0.5) is 14.5 Å². The topological polar surface area (TPSA) is 55.1 Å². The van der Waals surface area contributed by atoms with E-state index in [9.17, 15) is 13.6 Å². The zero-order chi connectivity index (χ0) is 13.0. The van der Waals surface area contributed by atoms with Crippen LogP contribution in [-0.4, -0.2) is 11.9 Å². The van der Waals surface area contributed by atoms with Crippen LogP contribution in [0.3, 0.4) is 0 Å². The zero-order valence-electron chi connectivity index (χ0n) is 9.27. The van der Waals surface area contributed by atoms with Gasteiger partial charge in [-0.05, 0) is 28.4 Å². The summed E-state index contributed by atoms with van der Waals surface area (Å²) >= 11 is 2.98. The molecular weight excluding hydrogens is 294 g/mol. The molecule has 0 unspecified atom stereocenters. The van der Waals surface area contributed by atoms with Gasteiger partial charge in [-0.15, -0.1) is 0 Å². The van der Waals surface area contributed by atoms with Crippen molar-refractivity contribution in [2.24, 2.45) is 5.73 Å². The van der Waals surface area contributed by atoms with E-state index in [2.05, 4.69) is 21.2 Å². The van der Waals surface area contributed by atoms with Crippen LogP contribution in [0.1, 0.15) is 19.8 Å². The molecule has 0 radical (unpaired) electrons. The second-order valence-corrected chi connectivity index (χ2v) is 4.48. The molecule has 1 atom stereocenters. The van der Waals surface area contributed by atoms with Crippen LogP contribution in [0, 0.1) is 11.6 Å². The van der Waals surface area contributed by atoms with Gasteiger partial charge in [-0.3, -0.25) is 4.79 Å². The monoisotopic (exact) mass is 306 g/mol. The molecule has 0 heterocycles. The summed E-state index contributed by atoms with van der Waals surface area (Å²) < 4.78 is 26.4. The number of halogens is 3. The molecule has 0 spiro atoms. The van der Waals surface area contributed by atoms with Crippen LogP contribution >= 0.6 is 15.9 Å². The maximum atomic E-state index is 13.4. The highest BCUT2D eigenvalue weighted by Crippen LogP contribution is 2.26. The highest BCUT2D eigenvalue weighted by atomic mass is 79.9. The van der Waals surface area contributed by atoms with Gasteiger partial charge in [0.25, 0.3) is 0 Å². The predicted octanol–water partition coefficient (Wildman–Crippen LogP) is 2.79. The van der Waals surface area contributed by atoms with Crippen LogP contribution in [0.2, 0.25) is 0 Å². The molecule has 0 aliphatic rings. The lowest BCUT2D eigenvalue weighted by atomic mass is 10.1. The number of hydrogen-bond donors (Lipinski definition) is 2. The molecule has 0 saturated heterocycles. The van der Waals surface area contributed by atoms with E-state index in [1.807, 2.05) is 6.92 Å². The van der Waals surface area contributed by atoms with Gasteiger partial charge in [-0.25, -0.2) is 8.78 Å². The molecule has 0 bridgehead atoms. The lowest BCUT2D eigenvalue weighted by Crippen LogP contribution is -2.35. The number of nitrogens with two attached hydrogens (primary N) is 1. The molecule has 6 heteroatoms. The van der Waals surface area contributed by atoms with Gasteiger partial charge in [-0.1, -0.05) is 13.3 Å². The molecule has 0 saturated carbocycles. The van der Waals surface area contributed by atoms with E-state index in [1.165, 1.54) is 0 Å². The average molecular weight is 307 g/mol. The first-order valence-electron chi connectivity index (χ1n) is 5.16. The largest absolute Gasteiger partial charge is 0.321 e. The first-order valence-corrected chi connectivity index (χ1v) is 5.96. The molecular formula is C11H13BrF2N2O. The fourth-order valence-electron chi connectivity index (χ4n) is 1.32. The Balaban J connectivity index is 2.85. The van der Waals surface area contributed by atoms with Crippen molar-refractivity contribution in [1.82, 2.24) is 0 Å². The number of carbonyl (C=O) groups excluding carboxylic acids is 1. The number of anilines is 1. The smallest absolute Gasteiger partial charge is 0.241 e. The average Bonchev–Trinajstić information content (AvgIpc) is 2.23. The summed E-state index contributed by atoms with van der Waals surface area (Å²) in [6.45, 7) is 1.89. The van der Waals surface area contributed by atoms with Crippen LogP contribution in [0.5, 0.6) is 0 Å². The number of benzene rings is 1. The summed E-state index contributed by atoms with van der Waals surface area (Å²) in [5.41, 5.74) is 5.49. The van der Waals surface area contributed by atoms with Crippen molar-refractivity contribution in [2.75, 3.05) is 5.32 Å². The van der Waals surface area contributed by atoms with Crippen molar-refractivity contribution < 1.29 is 13.6 Å². The second kappa shape index (κ2) is 6.07. The number of hydrogen-bond acceptors (Lipinski definition) is 2. The lowest BCUT2D eigenvalue weighted by Gasteiger charge is -2.13. The SMILES string of the molecule is CCC[C@@H](N)C(=O)Nc1c(F)cc(F)cc1Br. The Labute approximate surface area is 107 Å². The predicted molar refractivity (Wildman–Crippen MR) is 65.6 cm³/mol. The van der Waals surface area contributed by atoms with E-state index in [1.54, 1.807) is 0 Å². The molecule has 0 fully saturated rings. The molecule has 0 aliphatic carbocycles. The van der Waals surface area contributed by atoms with Crippen LogP contribution in [0.15, 0.2) is 16.6 Å². The second-order valence-electron chi connectivity index (χ2n) is 3.63. The Morgan fingerprint density at radius 3 is 2.71 bits per heavy atom. The minimum Gasteiger partial charge on any atom is -0.321 e. The third kappa shape index (κ3) is 3.74. The van der Waals surface area contributed by atoms with Gasteiger partial charge >= 0.3 is 0 Å². The first-order chi connectivity index (χ1) is 7.95. The summed E-state index contributed by atoms with van der Waals surface area (Å²) in [6.07, 6.45) is 1.26. The zero-order valence-corrected chi connectivity index (χ0v) is 10.9. The van der Waals surface area contributed by atoms with Gasteiger partial charge in [0.2, 0.25) is 5.91 Å². The Hall–Kier alpha value is -1.01.